The molecule has 0 spiro atoms. The summed E-state index contributed by atoms with van der Waals surface area (Å²) in [5.41, 5.74) is 1.59. The van der Waals surface area contributed by atoms with Gasteiger partial charge in [-0.25, -0.2) is 0 Å². The molecule has 0 N–H and O–H groups in total. The summed E-state index contributed by atoms with van der Waals surface area (Å²) in [7, 11) is 1.53. The van der Waals surface area contributed by atoms with Gasteiger partial charge in [-0.15, -0.1) is 0 Å². The predicted octanol–water partition coefficient (Wildman–Crippen LogP) is 3.62. The van der Waals surface area contributed by atoms with Crippen LogP contribution >= 0.6 is 0 Å². The van der Waals surface area contributed by atoms with E-state index in [2.05, 4.69) is 9.97 Å². The summed E-state index contributed by atoms with van der Waals surface area (Å²) in [5, 5.41) is 0. The zero-order valence-electron chi connectivity index (χ0n) is 11.0. The van der Waals surface area contributed by atoms with Crippen LogP contribution in [0.5, 0.6) is 0 Å². The number of aromatic nitrogens is 2. The van der Waals surface area contributed by atoms with Gasteiger partial charge in [-0.3, -0.25) is 9.97 Å². The van der Waals surface area contributed by atoms with E-state index in [9.17, 15) is 13.2 Å². The highest BCUT2D eigenvalue weighted by Gasteiger charge is 2.30. The number of alkyl halides is 3. The number of benzene rings is 1. The number of ether oxygens (including phenoxy) is 1. The molecule has 0 aliphatic heterocycles. The van der Waals surface area contributed by atoms with Crippen LogP contribution in [0.15, 0.2) is 30.6 Å². The quantitative estimate of drug-likeness (QED) is 0.862. The van der Waals surface area contributed by atoms with Gasteiger partial charge in [0.2, 0.25) is 0 Å². The van der Waals surface area contributed by atoms with Crippen LogP contribution in [0.3, 0.4) is 0 Å². The van der Waals surface area contributed by atoms with E-state index in [1.807, 2.05) is 0 Å². The van der Waals surface area contributed by atoms with E-state index < -0.39 is 11.7 Å². The van der Waals surface area contributed by atoms with Crippen LogP contribution in [0.1, 0.15) is 16.8 Å². The Labute approximate surface area is 114 Å². The third kappa shape index (κ3) is 2.96. The summed E-state index contributed by atoms with van der Waals surface area (Å²) in [6.45, 7) is 1.87. The molecular formula is C14H13F3N2O. The maximum Gasteiger partial charge on any atom is 0.416 e. The van der Waals surface area contributed by atoms with Crippen molar-refractivity contribution in [2.45, 2.75) is 19.7 Å². The second kappa shape index (κ2) is 5.58. The van der Waals surface area contributed by atoms with Crippen LogP contribution < -0.4 is 0 Å². The molecule has 0 aliphatic carbocycles. The average Bonchev–Trinajstić information content (AvgIpc) is 2.39. The molecule has 0 atom stereocenters. The maximum absolute atomic E-state index is 12.7. The van der Waals surface area contributed by atoms with Crippen LogP contribution in [-0.4, -0.2) is 17.1 Å². The van der Waals surface area contributed by atoms with Crippen molar-refractivity contribution in [1.82, 2.24) is 9.97 Å². The van der Waals surface area contributed by atoms with Crippen molar-refractivity contribution in [3.63, 3.8) is 0 Å². The smallest absolute Gasteiger partial charge is 0.378 e. The van der Waals surface area contributed by atoms with Crippen molar-refractivity contribution in [3.8, 4) is 11.3 Å². The number of halogens is 3. The summed E-state index contributed by atoms with van der Waals surface area (Å²) in [5.74, 6) is 0. The molecule has 3 nitrogen and oxygen atoms in total. The monoisotopic (exact) mass is 282 g/mol. The van der Waals surface area contributed by atoms with Crippen molar-refractivity contribution in [2.24, 2.45) is 0 Å². The first-order valence-corrected chi connectivity index (χ1v) is 5.90. The van der Waals surface area contributed by atoms with Gasteiger partial charge in [0.25, 0.3) is 0 Å². The molecule has 0 saturated heterocycles. The molecule has 0 fully saturated rings. The lowest BCUT2D eigenvalue weighted by molar-refractivity contribution is -0.137. The van der Waals surface area contributed by atoms with Gasteiger partial charge < -0.3 is 4.74 Å². The number of hydrogen-bond donors (Lipinski definition) is 0. The number of aryl methyl sites for hydroxylation is 1. The molecule has 0 saturated carbocycles. The number of hydrogen-bond acceptors (Lipinski definition) is 3. The Balaban J connectivity index is 2.49. The Bertz CT molecular complexity index is 612. The number of rotatable bonds is 3. The zero-order chi connectivity index (χ0) is 14.8. The van der Waals surface area contributed by atoms with Crippen LogP contribution in [0.25, 0.3) is 11.3 Å². The number of nitrogens with zero attached hydrogens (tertiary/aromatic N) is 2. The predicted molar refractivity (Wildman–Crippen MR) is 67.9 cm³/mol. The van der Waals surface area contributed by atoms with E-state index in [1.54, 1.807) is 6.92 Å². The minimum Gasteiger partial charge on any atom is -0.378 e. The highest BCUT2D eigenvalue weighted by atomic mass is 19.4. The van der Waals surface area contributed by atoms with E-state index >= 15 is 0 Å². The van der Waals surface area contributed by atoms with Crippen molar-refractivity contribution >= 4 is 0 Å². The Hall–Kier alpha value is -1.95. The highest BCUT2D eigenvalue weighted by Crippen LogP contribution is 2.33. The average molecular weight is 282 g/mol. The van der Waals surface area contributed by atoms with E-state index in [1.165, 1.54) is 25.6 Å². The first-order chi connectivity index (χ1) is 9.43. The highest BCUT2D eigenvalue weighted by molar-refractivity contribution is 5.66. The van der Waals surface area contributed by atoms with Crippen LogP contribution in [-0.2, 0) is 17.5 Å². The summed E-state index contributed by atoms with van der Waals surface area (Å²) >= 11 is 0. The molecule has 0 aliphatic rings. The van der Waals surface area contributed by atoms with Crippen molar-refractivity contribution < 1.29 is 17.9 Å². The van der Waals surface area contributed by atoms with Crippen LogP contribution in [0, 0.1) is 6.92 Å². The van der Waals surface area contributed by atoms with Gasteiger partial charge >= 0.3 is 6.18 Å². The van der Waals surface area contributed by atoms with Crippen molar-refractivity contribution in [2.75, 3.05) is 7.11 Å². The third-order valence-corrected chi connectivity index (χ3v) is 2.86. The van der Waals surface area contributed by atoms with Crippen molar-refractivity contribution in [3.05, 3.63) is 47.4 Å². The molecule has 106 valence electrons. The second-order valence-electron chi connectivity index (χ2n) is 4.31. The number of methoxy groups -OCH3 is 1. The van der Waals surface area contributed by atoms with E-state index in [0.29, 0.717) is 22.5 Å². The topological polar surface area (TPSA) is 35.0 Å². The Morgan fingerprint density at radius 3 is 2.45 bits per heavy atom. The van der Waals surface area contributed by atoms with Gasteiger partial charge in [-0.1, -0.05) is 6.07 Å². The summed E-state index contributed by atoms with van der Waals surface area (Å²) in [4.78, 5) is 8.34. The lowest BCUT2D eigenvalue weighted by atomic mass is 10.0. The molecular weight excluding hydrogens is 269 g/mol. The molecule has 0 radical (unpaired) electrons. The Morgan fingerprint density at radius 2 is 1.85 bits per heavy atom. The summed E-state index contributed by atoms with van der Waals surface area (Å²) in [6, 6.07) is 3.58. The third-order valence-electron chi connectivity index (χ3n) is 2.86. The molecule has 2 rings (SSSR count). The van der Waals surface area contributed by atoms with E-state index in [-0.39, 0.29) is 6.61 Å². The molecule has 2 aromatic rings. The molecule has 0 amide bonds. The molecule has 1 aromatic heterocycles. The molecule has 0 unspecified atom stereocenters. The largest absolute Gasteiger partial charge is 0.416 e. The van der Waals surface area contributed by atoms with Crippen molar-refractivity contribution in [1.29, 1.82) is 0 Å². The Kier molecular flexibility index (Phi) is 4.04. The minimum absolute atomic E-state index is 0.254. The van der Waals surface area contributed by atoms with Crippen LogP contribution in [0.2, 0.25) is 0 Å². The zero-order valence-corrected chi connectivity index (χ0v) is 11.0. The van der Waals surface area contributed by atoms with Crippen LogP contribution in [0.4, 0.5) is 13.2 Å². The van der Waals surface area contributed by atoms with Gasteiger partial charge in [0.15, 0.2) is 0 Å². The van der Waals surface area contributed by atoms with E-state index in [4.69, 9.17) is 4.74 Å². The maximum atomic E-state index is 12.7. The lowest BCUT2D eigenvalue weighted by Gasteiger charge is -2.12. The SMILES string of the molecule is COCc1nccnc1-c1ccc(C(F)(F)F)cc1C. The molecule has 1 aromatic carbocycles. The van der Waals surface area contributed by atoms with Gasteiger partial charge in [0.1, 0.15) is 0 Å². The molecule has 6 heteroatoms. The van der Waals surface area contributed by atoms with Gasteiger partial charge in [0.05, 0.1) is 23.6 Å². The molecule has 20 heavy (non-hydrogen) atoms. The summed E-state index contributed by atoms with van der Waals surface area (Å²) < 4.78 is 43.0. The normalized spacial score (nSPS) is 11.7. The van der Waals surface area contributed by atoms with Gasteiger partial charge in [-0.2, -0.15) is 13.2 Å². The first kappa shape index (κ1) is 14.5. The summed E-state index contributed by atoms with van der Waals surface area (Å²) in [6.07, 6.45) is -1.32. The molecule has 1 heterocycles. The Morgan fingerprint density at radius 1 is 1.15 bits per heavy atom. The fourth-order valence-electron chi connectivity index (χ4n) is 1.94. The van der Waals surface area contributed by atoms with E-state index in [0.717, 1.165) is 12.1 Å². The second-order valence-corrected chi connectivity index (χ2v) is 4.31. The fraction of sp³-hybridized carbons (Fsp3) is 0.286. The molecule has 0 bridgehead atoms. The van der Waals surface area contributed by atoms with Gasteiger partial charge in [0, 0.05) is 25.1 Å². The minimum atomic E-state index is -4.35. The standard InChI is InChI=1S/C14H13F3N2O/c1-9-7-10(14(15,16)17)3-4-11(9)13-12(8-20-2)18-5-6-19-13/h3-7H,8H2,1-2H3. The first-order valence-electron chi connectivity index (χ1n) is 5.90. The lowest BCUT2D eigenvalue weighted by Crippen LogP contribution is -2.06. The fourth-order valence-corrected chi connectivity index (χ4v) is 1.94. The van der Waals surface area contributed by atoms with Gasteiger partial charge in [-0.05, 0) is 24.6 Å².